The van der Waals surface area contributed by atoms with Gasteiger partial charge >= 0.3 is 0 Å². The molecule has 3 nitrogen and oxygen atoms in total. The molecule has 1 aromatic carbocycles. The van der Waals surface area contributed by atoms with Gasteiger partial charge in [-0.1, -0.05) is 31.2 Å². The fraction of sp³-hybridized carbons (Fsp3) is 0.308. The van der Waals surface area contributed by atoms with Crippen molar-refractivity contribution in [2.45, 2.75) is 19.4 Å². The Labute approximate surface area is 95.3 Å². The summed E-state index contributed by atoms with van der Waals surface area (Å²) in [6.07, 6.45) is 2.21. The van der Waals surface area contributed by atoms with Crippen molar-refractivity contribution in [3.8, 4) is 0 Å². The predicted octanol–water partition coefficient (Wildman–Crippen LogP) is 2.06. The summed E-state index contributed by atoms with van der Waals surface area (Å²) in [5.74, 6) is 0. The van der Waals surface area contributed by atoms with E-state index in [9.17, 15) is 5.11 Å². The van der Waals surface area contributed by atoms with Crippen molar-refractivity contribution in [2.24, 2.45) is 7.05 Å². The van der Waals surface area contributed by atoms with Crippen LogP contribution in [0.4, 0.5) is 0 Å². The van der Waals surface area contributed by atoms with Gasteiger partial charge in [-0.2, -0.15) is 5.10 Å². The Bertz CT molecular complexity index is 459. The van der Waals surface area contributed by atoms with Crippen molar-refractivity contribution in [1.29, 1.82) is 0 Å². The van der Waals surface area contributed by atoms with Crippen LogP contribution < -0.4 is 0 Å². The maximum absolute atomic E-state index is 10.1. The third kappa shape index (κ3) is 2.14. The van der Waals surface area contributed by atoms with Crippen LogP contribution in [0.2, 0.25) is 0 Å². The molecule has 0 aliphatic carbocycles. The first-order chi connectivity index (χ1) is 7.70. The third-order valence-electron chi connectivity index (χ3n) is 2.72. The molecule has 1 unspecified atom stereocenters. The van der Waals surface area contributed by atoms with Crippen molar-refractivity contribution < 1.29 is 5.11 Å². The minimum absolute atomic E-state index is 0.632. The van der Waals surface area contributed by atoms with Crippen molar-refractivity contribution in [3.63, 3.8) is 0 Å². The monoisotopic (exact) mass is 216 g/mol. The zero-order valence-electron chi connectivity index (χ0n) is 9.59. The second kappa shape index (κ2) is 4.49. The maximum Gasteiger partial charge on any atom is 0.123 e. The molecule has 0 radical (unpaired) electrons. The molecule has 1 atom stereocenters. The van der Waals surface area contributed by atoms with Crippen LogP contribution >= 0.6 is 0 Å². The smallest absolute Gasteiger partial charge is 0.123 e. The van der Waals surface area contributed by atoms with Gasteiger partial charge in [0.1, 0.15) is 6.10 Å². The third-order valence-corrected chi connectivity index (χ3v) is 2.72. The second-order valence-electron chi connectivity index (χ2n) is 3.91. The molecule has 16 heavy (non-hydrogen) atoms. The second-order valence-corrected chi connectivity index (χ2v) is 3.91. The van der Waals surface area contributed by atoms with E-state index in [1.54, 1.807) is 4.68 Å². The molecule has 2 rings (SSSR count). The fourth-order valence-corrected chi connectivity index (χ4v) is 1.69. The summed E-state index contributed by atoms with van der Waals surface area (Å²) in [6, 6.07) is 9.83. The molecule has 3 heteroatoms. The summed E-state index contributed by atoms with van der Waals surface area (Å²) >= 11 is 0. The average Bonchev–Trinajstić information content (AvgIpc) is 2.75. The highest BCUT2D eigenvalue weighted by molar-refractivity contribution is 5.28. The maximum atomic E-state index is 10.1. The van der Waals surface area contributed by atoms with Crippen molar-refractivity contribution in [1.82, 2.24) is 9.78 Å². The first kappa shape index (κ1) is 10.9. The van der Waals surface area contributed by atoms with Crippen LogP contribution in [-0.2, 0) is 13.5 Å². The van der Waals surface area contributed by atoms with Crippen LogP contribution in [0.3, 0.4) is 0 Å². The standard InChI is InChI=1S/C13H16N2O/c1-3-10-4-6-11(7-5-10)13(16)12-8-9-15(2)14-12/h4-9,13,16H,3H2,1-2H3. The SMILES string of the molecule is CCc1ccc(C(O)c2ccn(C)n2)cc1. The van der Waals surface area contributed by atoms with Gasteiger partial charge in [0, 0.05) is 13.2 Å². The van der Waals surface area contributed by atoms with Crippen LogP contribution in [-0.4, -0.2) is 14.9 Å². The molecule has 2 aromatic rings. The summed E-state index contributed by atoms with van der Waals surface area (Å²) in [5, 5.41) is 14.3. The number of aliphatic hydroxyl groups is 1. The van der Waals surface area contributed by atoms with E-state index in [4.69, 9.17) is 0 Å². The first-order valence-electron chi connectivity index (χ1n) is 5.47. The van der Waals surface area contributed by atoms with E-state index in [0.29, 0.717) is 5.69 Å². The van der Waals surface area contributed by atoms with Crippen LogP contribution in [0.15, 0.2) is 36.5 Å². The Morgan fingerprint density at radius 2 is 1.94 bits per heavy atom. The highest BCUT2D eigenvalue weighted by atomic mass is 16.3. The van der Waals surface area contributed by atoms with Crippen LogP contribution in [0.5, 0.6) is 0 Å². The topological polar surface area (TPSA) is 38.0 Å². The number of nitrogens with zero attached hydrogens (tertiary/aromatic N) is 2. The predicted molar refractivity (Wildman–Crippen MR) is 63.1 cm³/mol. The zero-order valence-corrected chi connectivity index (χ0v) is 9.59. The van der Waals surface area contributed by atoms with Gasteiger partial charge in [-0.3, -0.25) is 4.68 Å². The lowest BCUT2D eigenvalue weighted by atomic mass is 10.0. The van der Waals surface area contributed by atoms with Gasteiger partial charge in [0.2, 0.25) is 0 Å². The lowest BCUT2D eigenvalue weighted by Gasteiger charge is -2.08. The summed E-state index contributed by atoms with van der Waals surface area (Å²) in [4.78, 5) is 0. The average molecular weight is 216 g/mol. The van der Waals surface area contributed by atoms with E-state index < -0.39 is 6.10 Å². The molecule has 0 amide bonds. The first-order valence-corrected chi connectivity index (χ1v) is 5.47. The Hall–Kier alpha value is -1.61. The largest absolute Gasteiger partial charge is 0.382 e. The van der Waals surface area contributed by atoms with E-state index in [0.717, 1.165) is 12.0 Å². The normalized spacial score (nSPS) is 12.7. The van der Waals surface area contributed by atoms with Gasteiger partial charge in [0.05, 0.1) is 5.69 Å². The molecule has 1 N–H and O–H groups in total. The molecule has 0 saturated carbocycles. The zero-order chi connectivity index (χ0) is 11.5. The molecule has 0 spiro atoms. The molecule has 0 saturated heterocycles. The Balaban J connectivity index is 2.23. The minimum atomic E-state index is -0.632. The Morgan fingerprint density at radius 3 is 2.44 bits per heavy atom. The van der Waals surface area contributed by atoms with Gasteiger partial charge in [0.15, 0.2) is 0 Å². The molecule has 0 aliphatic heterocycles. The number of aliphatic hydroxyl groups excluding tert-OH is 1. The van der Waals surface area contributed by atoms with Gasteiger partial charge < -0.3 is 5.11 Å². The molecular weight excluding hydrogens is 200 g/mol. The molecule has 84 valence electrons. The number of aryl methyl sites for hydroxylation is 2. The molecular formula is C13H16N2O. The number of hydrogen-bond acceptors (Lipinski definition) is 2. The highest BCUT2D eigenvalue weighted by Gasteiger charge is 2.12. The molecule has 1 heterocycles. The summed E-state index contributed by atoms with van der Waals surface area (Å²) in [6.45, 7) is 2.12. The van der Waals surface area contributed by atoms with E-state index in [1.807, 2.05) is 43.6 Å². The van der Waals surface area contributed by atoms with Gasteiger partial charge in [-0.25, -0.2) is 0 Å². The van der Waals surface area contributed by atoms with Crippen molar-refractivity contribution in [3.05, 3.63) is 53.3 Å². The van der Waals surface area contributed by atoms with Gasteiger partial charge in [-0.05, 0) is 23.6 Å². The Morgan fingerprint density at radius 1 is 1.25 bits per heavy atom. The van der Waals surface area contributed by atoms with E-state index >= 15 is 0 Å². The number of rotatable bonds is 3. The Kier molecular flexibility index (Phi) is 3.06. The summed E-state index contributed by atoms with van der Waals surface area (Å²) < 4.78 is 1.69. The van der Waals surface area contributed by atoms with Crippen LogP contribution in [0.25, 0.3) is 0 Å². The van der Waals surface area contributed by atoms with E-state index in [-0.39, 0.29) is 0 Å². The van der Waals surface area contributed by atoms with Crippen LogP contribution in [0, 0.1) is 0 Å². The lowest BCUT2D eigenvalue weighted by Crippen LogP contribution is -2.01. The lowest BCUT2D eigenvalue weighted by molar-refractivity contribution is 0.214. The van der Waals surface area contributed by atoms with E-state index in [1.165, 1.54) is 5.56 Å². The molecule has 1 aromatic heterocycles. The minimum Gasteiger partial charge on any atom is -0.382 e. The number of aromatic nitrogens is 2. The van der Waals surface area contributed by atoms with Crippen molar-refractivity contribution in [2.75, 3.05) is 0 Å². The quantitative estimate of drug-likeness (QED) is 0.852. The molecule has 0 aliphatic rings. The molecule has 0 fully saturated rings. The van der Waals surface area contributed by atoms with Gasteiger partial charge in [0.25, 0.3) is 0 Å². The number of hydrogen-bond donors (Lipinski definition) is 1. The fourth-order valence-electron chi connectivity index (χ4n) is 1.69. The number of benzene rings is 1. The summed E-state index contributed by atoms with van der Waals surface area (Å²) in [5.41, 5.74) is 2.85. The molecule has 0 bridgehead atoms. The highest BCUT2D eigenvalue weighted by Crippen LogP contribution is 2.20. The summed E-state index contributed by atoms with van der Waals surface area (Å²) in [7, 11) is 1.84. The van der Waals surface area contributed by atoms with E-state index in [2.05, 4.69) is 12.0 Å². The van der Waals surface area contributed by atoms with Crippen molar-refractivity contribution >= 4 is 0 Å². The van der Waals surface area contributed by atoms with Crippen LogP contribution in [0.1, 0.15) is 29.8 Å². The van der Waals surface area contributed by atoms with Gasteiger partial charge in [-0.15, -0.1) is 0 Å².